The van der Waals surface area contributed by atoms with E-state index in [1.165, 1.54) is 16.9 Å². The summed E-state index contributed by atoms with van der Waals surface area (Å²) in [5.74, 6) is 0.600. The van der Waals surface area contributed by atoms with E-state index < -0.39 is 5.97 Å². The molecule has 3 aliphatic rings. The Morgan fingerprint density at radius 1 is 1.13 bits per heavy atom. The van der Waals surface area contributed by atoms with Crippen molar-refractivity contribution in [3.63, 3.8) is 0 Å². The number of thiophene rings is 1. The van der Waals surface area contributed by atoms with Crippen LogP contribution in [0.3, 0.4) is 0 Å². The second-order valence-electron chi connectivity index (χ2n) is 10.6. The van der Waals surface area contributed by atoms with Gasteiger partial charge in [0.05, 0.1) is 23.3 Å². The Kier molecular flexibility index (Phi) is 6.10. The van der Waals surface area contributed by atoms with Crippen LogP contribution in [0.25, 0.3) is 21.8 Å². The van der Waals surface area contributed by atoms with Gasteiger partial charge >= 0.3 is 5.97 Å². The summed E-state index contributed by atoms with van der Waals surface area (Å²) in [5.41, 5.74) is 5.24. The topological polar surface area (TPSA) is 88.7 Å². The van der Waals surface area contributed by atoms with Gasteiger partial charge in [-0.1, -0.05) is 29.4 Å². The number of aromatic nitrogens is 2. The molecule has 196 valence electrons. The first-order valence-corrected chi connectivity index (χ1v) is 15.0. The molecular formula is C29H29N3O4S2. The Bertz CT molecular complexity index is 1470. The van der Waals surface area contributed by atoms with Crippen LogP contribution in [0.15, 0.2) is 46.3 Å². The number of aromatic carboxylic acids is 1. The Morgan fingerprint density at radius 3 is 2.63 bits per heavy atom. The first kappa shape index (κ1) is 24.1. The second-order valence-corrected chi connectivity index (χ2v) is 12.6. The average Bonchev–Trinajstić information content (AvgIpc) is 3.26. The highest BCUT2D eigenvalue weighted by molar-refractivity contribution is 7.18. The molecule has 38 heavy (non-hydrogen) atoms. The van der Waals surface area contributed by atoms with E-state index in [1.807, 2.05) is 11.4 Å². The number of hydrogen-bond donors (Lipinski definition) is 1. The van der Waals surface area contributed by atoms with Gasteiger partial charge in [-0.25, -0.2) is 9.78 Å². The molecule has 3 fully saturated rings. The zero-order valence-corrected chi connectivity index (χ0v) is 22.8. The number of aryl methyl sites for hydroxylation is 1. The summed E-state index contributed by atoms with van der Waals surface area (Å²) in [7, 11) is 0. The highest BCUT2D eigenvalue weighted by atomic mass is 32.1. The molecule has 2 aliphatic heterocycles. The number of carboxylic acid groups (broad SMARTS) is 1. The van der Waals surface area contributed by atoms with Crippen molar-refractivity contribution in [3.05, 3.63) is 63.5 Å². The van der Waals surface area contributed by atoms with Gasteiger partial charge in [0.1, 0.15) is 16.3 Å². The summed E-state index contributed by atoms with van der Waals surface area (Å²) in [4.78, 5) is 19.9. The number of thiazole rings is 1. The lowest BCUT2D eigenvalue weighted by atomic mass is 9.99. The monoisotopic (exact) mass is 547 g/mol. The Hall–Kier alpha value is -3.01. The number of anilines is 1. The molecule has 7 rings (SSSR count). The molecule has 9 heteroatoms. The third-order valence-corrected chi connectivity index (χ3v) is 10.1. The summed E-state index contributed by atoms with van der Waals surface area (Å²) in [6, 6.07) is 12.7. The van der Waals surface area contributed by atoms with Crippen LogP contribution < -0.4 is 4.90 Å². The Balaban J connectivity index is 1.06. The van der Waals surface area contributed by atoms with Crippen molar-refractivity contribution in [1.82, 2.24) is 10.1 Å². The first-order chi connectivity index (χ1) is 18.5. The van der Waals surface area contributed by atoms with Gasteiger partial charge in [-0.2, -0.15) is 0 Å². The molecule has 3 aromatic heterocycles. The third kappa shape index (κ3) is 4.36. The summed E-state index contributed by atoms with van der Waals surface area (Å²) in [6.07, 6.45) is 6.79. The van der Waals surface area contributed by atoms with Gasteiger partial charge in [0.25, 0.3) is 0 Å². The van der Waals surface area contributed by atoms with Crippen LogP contribution in [-0.2, 0) is 11.3 Å². The third-order valence-electron chi connectivity index (χ3n) is 8.10. The van der Waals surface area contributed by atoms with Crippen LogP contribution in [-0.4, -0.2) is 39.4 Å². The lowest BCUT2D eigenvalue weighted by Crippen LogP contribution is -2.45. The van der Waals surface area contributed by atoms with Crippen LogP contribution in [0, 0.1) is 6.92 Å². The van der Waals surface area contributed by atoms with E-state index in [0.29, 0.717) is 29.5 Å². The van der Waals surface area contributed by atoms with E-state index in [9.17, 15) is 9.90 Å². The molecule has 1 saturated carbocycles. The minimum absolute atomic E-state index is 0.199. The number of benzene rings is 1. The van der Waals surface area contributed by atoms with Crippen molar-refractivity contribution in [2.75, 3.05) is 4.90 Å². The standard InChI is InChI=1S/C29H29N3O4S2/c1-16-4-2-3-5-21(16)26-22(27(36-31-26)17-6-7-17)14-35-20-12-18-8-9-19(13-20)32(18)29-30-23(15-37-29)24-10-11-25(38-24)28(33)34/h2-5,10-11,15,17-20H,6-9,12-14H2,1H3,(H,33,34)/t18-,19+,20+. The van der Waals surface area contributed by atoms with Crippen molar-refractivity contribution in [1.29, 1.82) is 0 Å². The van der Waals surface area contributed by atoms with Gasteiger partial charge in [0, 0.05) is 34.5 Å². The van der Waals surface area contributed by atoms with E-state index in [4.69, 9.17) is 14.2 Å². The lowest BCUT2D eigenvalue weighted by Gasteiger charge is -2.38. The SMILES string of the molecule is Cc1ccccc1-c1noc(C2CC2)c1CO[C@H]1C[C@H]2CC[C@@H](C1)N2c1nc(-c2ccc(C(=O)O)s2)cs1. The fourth-order valence-electron chi connectivity index (χ4n) is 6.04. The van der Waals surface area contributed by atoms with Crippen molar-refractivity contribution in [3.8, 4) is 21.8 Å². The van der Waals surface area contributed by atoms with Gasteiger partial charge in [0.15, 0.2) is 5.13 Å². The molecule has 0 spiro atoms. The number of nitrogens with zero attached hydrogens (tertiary/aromatic N) is 3. The van der Waals surface area contributed by atoms with E-state index in [0.717, 1.165) is 76.8 Å². The van der Waals surface area contributed by atoms with Crippen molar-refractivity contribution in [2.24, 2.45) is 0 Å². The van der Waals surface area contributed by atoms with Crippen LogP contribution in [0.2, 0.25) is 0 Å². The smallest absolute Gasteiger partial charge is 0.345 e. The van der Waals surface area contributed by atoms with E-state index in [2.05, 4.69) is 41.2 Å². The Labute approximate surface area is 229 Å². The van der Waals surface area contributed by atoms with Crippen molar-refractivity contribution in [2.45, 2.75) is 76.2 Å². The highest BCUT2D eigenvalue weighted by Crippen LogP contribution is 2.46. The van der Waals surface area contributed by atoms with Crippen LogP contribution in [0.1, 0.15) is 71.0 Å². The van der Waals surface area contributed by atoms with Gasteiger partial charge < -0.3 is 19.3 Å². The molecule has 1 N–H and O–H groups in total. The summed E-state index contributed by atoms with van der Waals surface area (Å²) in [5, 5.41) is 16.8. The highest BCUT2D eigenvalue weighted by Gasteiger charge is 2.43. The van der Waals surface area contributed by atoms with Gasteiger partial charge in [-0.3, -0.25) is 0 Å². The van der Waals surface area contributed by atoms with E-state index >= 15 is 0 Å². The fourth-order valence-corrected chi connectivity index (χ4v) is 7.89. The largest absolute Gasteiger partial charge is 0.477 e. The molecule has 5 heterocycles. The maximum Gasteiger partial charge on any atom is 0.345 e. The normalized spacial score (nSPS) is 22.8. The zero-order valence-electron chi connectivity index (χ0n) is 21.1. The number of carbonyl (C=O) groups is 1. The number of rotatable bonds is 8. The van der Waals surface area contributed by atoms with Crippen LogP contribution in [0.5, 0.6) is 0 Å². The molecule has 1 aliphatic carbocycles. The van der Waals surface area contributed by atoms with Gasteiger partial charge in [-0.05, 0) is 63.1 Å². The molecule has 0 amide bonds. The Morgan fingerprint density at radius 2 is 1.92 bits per heavy atom. The summed E-state index contributed by atoms with van der Waals surface area (Å²) < 4.78 is 12.5. The average molecular weight is 548 g/mol. The van der Waals surface area contributed by atoms with E-state index in [-0.39, 0.29) is 6.10 Å². The molecular weight excluding hydrogens is 518 g/mol. The number of fused-ring (bicyclic) bond motifs is 2. The lowest BCUT2D eigenvalue weighted by molar-refractivity contribution is 0.0147. The maximum absolute atomic E-state index is 11.3. The molecule has 7 nitrogen and oxygen atoms in total. The molecule has 3 atom stereocenters. The second kappa shape index (κ2) is 9.63. The van der Waals surface area contributed by atoms with Crippen molar-refractivity contribution >= 4 is 33.8 Å². The predicted octanol–water partition coefficient (Wildman–Crippen LogP) is 7.13. The molecule has 0 unspecified atom stereocenters. The number of carboxylic acids is 1. The molecule has 2 bridgehead atoms. The summed E-state index contributed by atoms with van der Waals surface area (Å²) >= 11 is 2.93. The quantitative estimate of drug-likeness (QED) is 0.251. The predicted molar refractivity (Wildman–Crippen MR) is 148 cm³/mol. The van der Waals surface area contributed by atoms with Gasteiger partial charge in [-0.15, -0.1) is 22.7 Å². The van der Waals surface area contributed by atoms with Gasteiger partial charge in [0.2, 0.25) is 0 Å². The van der Waals surface area contributed by atoms with Crippen LogP contribution >= 0.6 is 22.7 Å². The molecule has 2 saturated heterocycles. The zero-order chi connectivity index (χ0) is 25.8. The van der Waals surface area contributed by atoms with Crippen molar-refractivity contribution < 1.29 is 19.2 Å². The maximum atomic E-state index is 11.3. The number of piperidine rings is 1. The number of ether oxygens (including phenoxy) is 1. The number of hydrogen-bond acceptors (Lipinski definition) is 8. The van der Waals surface area contributed by atoms with E-state index in [1.54, 1.807) is 17.4 Å². The summed E-state index contributed by atoms with van der Waals surface area (Å²) in [6.45, 7) is 2.65. The fraction of sp³-hybridized carbons (Fsp3) is 0.414. The minimum atomic E-state index is -0.890. The minimum Gasteiger partial charge on any atom is -0.477 e. The van der Waals surface area contributed by atoms with Crippen LogP contribution in [0.4, 0.5) is 5.13 Å². The molecule has 1 aromatic carbocycles. The molecule has 0 radical (unpaired) electrons. The first-order valence-electron chi connectivity index (χ1n) is 13.3. The molecule has 4 aromatic rings.